The predicted molar refractivity (Wildman–Crippen MR) is 104 cm³/mol. The Morgan fingerprint density at radius 3 is 2.23 bits per heavy atom. The highest BCUT2D eigenvalue weighted by molar-refractivity contribution is 7.92. The van der Waals surface area contributed by atoms with Crippen LogP contribution in [0.2, 0.25) is 0 Å². The summed E-state index contributed by atoms with van der Waals surface area (Å²) in [6.07, 6.45) is 0.956. The normalized spacial score (nSPS) is 25.2. The number of hydrogen-bond donors (Lipinski definition) is 1. The molecule has 3 atom stereocenters. The van der Waals surface area contributed by atoms with E-state index < -0.39 is 20.5 Å². The van der Waals surface area contributed by atoms with Crippen LogP contribution in [0, 0.1) is 5.41 Å². The Hall–Kier alpha value is -1.69. The van der Waals surface area contributed by atoms with Gasteiger partial charge in [0.2, 0.25) is 0 Å². The molecule has 0 aromatic heterocycles. The minimum Gasteiger partial charge on any atom is -0.381 e. The van der Waals surface area contributed by atoms with Crippen molar-refractivity contribution in [2.24, 2.45) is 11.1 Å². The minimum atomic E-state index is -3.49. The van der Waals surface area contributed by atoms with Crippen molar-refractivity contribution in [2.45, 2.75) is 36.3 Å². The fourth-order valence-corrected chi connectivity index (χ4v) is 6.40. The number of hydrogen-bond acceptors (Lipinski definition) is 4. The first-order valence-corrected chi connectivity index (χ1v) is 10.7. The number of sulfone groups is 1. The molecule has 5 heteroatoms. The van der Waals surface area contributed by atoms with Gasteiger partial charge in [-0.1, -0.05) is 49.4 Å². The van der Waals surface area contributed by atoms with Crippen LogP contribution in [-0.2, 0) is 21.0 Å². The SMILES string of the molecule is CCOC[C@]1(CN)[C@@H](c2ccc(CC)cc2)[C@@H]1S(=O)(=O)c1ccccc1. The van der Waals surface area contributed by atoms with Crippen molar-refractivity contribution in [1.82, 2.24) is 0 Å². The molecular formula is C21H27NO3S. The molecule has 0 unspecified atom stereocenters. The van der Waals surface area contributed by atoms with Crippen LogP contribution in [0.15, 0.2) is 59.5 Å². The topological polar surface area (TPSA) is 69.4 Å². The van der Waals surface area contributed by atoms with Crippen molar-refractivity contribution in [2.75, 3.05) is 19.8 Å². The van der Waals surface area contributed by atoms with E-state index in [1.165, 1.54) is 5.56 Å². The Kier molecular flexibility index (Phi) is 5.51. The van der Waals surface area contributed by atoms with Gasteiger partial charge in [0.25, 0.3) is 0 Å². The zero-order valence-corrected chi connectivity index (χ0v) is 16.2. The molecule has 1 saturated carbocycles. The fraction of sp³-hybridized carbons (Fsp3) is 0.429. The number of benzene rings is 2. The summed E-state index contributed by atoms with van der Waals surface area (Å²) in [5, 5.41) is -0.554. The molecule has 26 heavy (non-hydrogen) atoms. The zero-order valence-electron chi connectivity index (χ0n) is 15.4. The summed E-state index contributed by atoms with van der Waals surface area (Å²) in [4.78, 5) is 0.354. The van der Waals surface area contributed by atoms with Gasteiger partial charge < -0.3 is 10.5 Å². The molecule has 140 valence electrons. The summed E-state index contributed by atoms with van der Waals surface area (Å²) >= 11 is 0. The highest BCUT2D eigenvalue weighted by atomic mass is 32.2. The molecule has 0 heterocycles. The van der Waals surface area contributed by atoms with E-state index in [1.807, 2.05) is 25.1 Å². The quantitative estimate of drug-likeness (QED) is 0.772. The van der Waals surface area contributed by atoms with Crippen LogP contribution in [0.5, 0.6) is 0 Å². The molecule has 0 saturated heterocycles. The van der Waals surface area contributed by atoms with Gasteiger partial charge in [0.15, 0.2) is 9.84 Å². The van der Waals surface area contributed by atoms with Crippen molar-refractivity contribution in [3.8, 4) is 0 Å². The second-order valence-corrected chi connectivity index (χ2v) is 9.00. The van der Waals surface area contributed by atoms with E-state index in [0.29, 0.717) is 18.1 Å². The molecule has 0 aliphatic heterocycles. The predicted octanol–water partition coefficient (Wildman–Crippen LogP) is 3.17. The van der Waals surface area contributed by atoms with Gasteiger partial charge in [-0.25, -0.2) is 8.42 Å². The van der Waals surface area contributed by atoms with E-state index in [2.05, 4.69) is 19.1 Å². The smallest absolute Gasteiger partial charge is 0.182 e. The Bertz CT molecular complexity index is 833. The summed E-state index contributed by atoms with van der Waals surface area (Å²) in [5.74, 6) is -0.143. The lowest BCUT2D eigenvalue weighted by molar-refractivity contribution is 0.101. The Morgan fingerprint density at radius 1 is 1.04 bits per heavy atom. The molecule has 0 spiro atoms. The number of nitrogens with two attached hydrogens (primary N) is 1. The van der Waals surface area contributed by atoms with Gasteiger partial charge in [-0.3, -0.25) is 0 Å². The van der Waals surface area contributed by atoms with Crippen LogP contribution in [0.3, 0.4) is 0 Å². The first-order valence-electron chi connectivity index (χ1n) is 9.17. The van der Waals surface area contributed by atoms with Crippen molar-refractivity contribution in [3.05, 3.63) is 65.7 Å². The number of aryl methyl sites for hydroxylation is 1. The summed E-state index contributed by atoms with van der Waals surface area (Å²) in [5.41, 5.74) is 7.80. The molecule has 2 N–H and O–H groups in total. The molecule has 0 amide bonds. The molecule has 3 rings (SSSR count). The van der Waals surface area contributed by atoms with Crippen molar-refractivity contribution >= 4 is 9.84 Å². The second kappa shape index (κ2) is 7.51. The highest BCUT2D eigenvalue weighted by Gasteiger charge is 2.70. The van der Waals surface area contributed by atoms with E-state index in [0.717, 1.165) is 12.0 Å². The van der Waals surface area contributed by atoms with Gasteiger partial charge in [-0.2, -0.15) is 0 Å². The number of rotatable bonds is 8. The number of ether oxygens (including phenoxy) is 1. The largest absolute Gasteiger partial charge is 0.381 e. The van der Waals surface area contributed by atoms with Crippen molar-refractivity contribution in [3.63, 3.8) is 0 Å². The van der Waals surface area contributed by atoms with E-state index in [1.54, 1.807) is 24.3 Å². The van der Waals surface area contributed by atoms with Crippen LogP contribution in [0.25, 0.3) is 0 Å². The maximum absolute atomic E-state index is 13.3. The van der Waals surface area contributed by atoms with Gasteiger partial charge in [0.1, 0.15) is 0 Å². The molecular weight excluding hydrogens is 346 g/mol. The van der Waals surface area contributed by atoms with E-state index in [-0.39, 0.29) is 12.5 Å². The van der Waals surface area contributed by atoms with Gasteiger partial charge in [0.05, 0.1) is 16.8 Å². The molecule has 1 aliphatic rings. The van der Waals surface area contributed by atoms with E-state index in [4.69, 9.17) is 10.5 Å². The zero-order chi connectivity index (χ0) is 18.8. The maximum atomic E-state index is 13.3. The molecule has 1 aliphatic carbocycles. The second-order valence-electron chi connectivity index (χ2n) is 6.93. The molecule has 2 aromatic rings. The Balaban J connectivity index is 2.02. The first kappa shape index (κ1) is 19.1. The average Bonchev–Trinajstić information content (AvgIpc) is 3.37. The van der Waals surface area contributed by atoms with Crippen LogP contribution >= 0.6 is 0 Å². The van der Waals surface area contributed by atoms with Crippen LogP contribution < -0.4 is 5.73 Å². The summed E-state index contributed by atoms with van der Waals surface area (Å²) in [6.45, 7) is 5.20. The lowest BCUT2D eigenvalue weighted by Crippen LogP contribution is -2.29. The maximum Gasteiger partial charge on any atom is 0.182 e. The van der Waals surface area contributed by atoms with Gasteiger partial charge in [0, 0.05) is 24.5 Å². The third-order valence-electron chi connectivity index (χ3n) is 5.49. The van der Waals surface area contributed by atoms with E-state index in [9.17, 15) is 8.42 Å². The summed E-state index contributed by atoms with van der Waals surface area (Å²) in [7, 11) is -3.49. The molecule has 0 bridgehead atoms. The Morgan fingerprint density at radius 2 is 1.69 bits per heavy atom. The van der Waals surface area contributed by atoms with Crippen molar-refractivity contribution < 1.29 is 13.2 Å². The summed E-state index contributed by atoms with van der Waals surface area (Å²) < 4.78 is 32.3. The minimum absolute atomic E-state index is 0.143. The lowest BCUT2D eigenvalue weighted by atomic mass is 9.99. The highest BCUT2D eigenvalue weighted by Crippen LogP contribution is 2.63. The third kappa shape index (κ3) is 3.20. The van der Waals surface area contributed by atoms with Crippen LogP contribution in [0.1, 0.15) is 30.9 Å². The summed E-state index contributed by atoms with van der Waals surface area (Å²) in [6, 6.07) is 16.9. The standard InChI is InChI=1S/C21H27NO3S/c1-3-16-10-12-17(13-11-16)19-20(21(19,14-22)15-25-4-2)26(23,24)18-8-6-5-7-9-18/h5-13,19-20H,3-4,14-15,22H2,1-2H3/t19-,20-,21+/m0/s1. The van der Waals surface area contributed by atoms with Gasteiger partial charge in [-0.05, 0) is 36.6 Å². The van der Waals surface area contributed by atoms with E-state index >= 15 is 0 Å². The molecule has 2 aromatic carbocycles. The van der Waals surface area contributed by atoms with Crippen LogP contribution in [0.4, 0.5) is 0 Å². The first-order chi connectivity index (χ1) is 12.5. The van der Waals surface area contributed by atoms with Gasteiger partial charge >= 0.3 is 0 Å². The lowest BCUT2D eigenvalue weighted by Gasteiger charge is -2.16. The third-order valence-corrected chi connectivity index (χ3v) is 7.83. The fourth-order valence-electron chi connectivity index (χ4n) is 3.93. The molecule has 0 radical (unpaired) electrons. The average molecular weight is 374 g/mol. The monoisotopic (exact) mass is 373 g/mol. The van der Waals surface area contributed by atoms with Crippen LogP contribution in [-0.4, -0.2) is 33.4 Å². The van der Waals surface area contributed by atoms with Crippen molar-refractivity contribution in [1.29, 1.82) is 0 Å². The molecule has 4 nitrogen and oxygen atoms in total. The Labute approximate surface area is 156 Å². The van der Waals surface area contributed by atoms with Gasteiger partial charge in [-0.15, -0.1) is 0 Å². The molecule has 1 fully saturated rings.